The van der Waals surface area contributed by atoms with Gasteiger partial charge in [0, 0.05) is 0 Å². The fourth-order valence-electron chi connectivity index (χ4n) is 2.23. The Balaban J connectivity index is 3.65. The summed E-state index contributed by atoms with van der Waals surface area (Å²) in [7, 11) is -18.8. The molecule has 0 aliphatic rings. The molecule has 0 amide bonds. The van der Waals surface area contributed by atoms with Gasteiger partial charge in [-0.2, -0.15) is 8.42 Å². The maximum absolute atomic E-state index is 11.2. The molecule has 0 bridgehead atoms. The minimum Gasteiger partial charge on any atom is -0.324 e. The molecule has 7 N–H and O–H groups in total. The highest BCUT2D eigenvalue weighted by molar-refractivity contribution is 7.85. The largest absolute Gasteiger partial charge is 0.329 e. The second-order valence-electron chi connectivity index (χ2n) is 5.58. The molecule has 26 heavy (non-hydrogen) atoms. The van der Waals surface area contributed by atoms with Gasteiger partial charge in [-0.05, 0) is 22.3 Å². The zero-order valence-corrected chi connectivity index (χ0v) is 16.4. The van der Waals surface area contributed by atoms with Crippen LogP contribution in [-0.2, 0) is 48.1 Å². The summed E-state index contributed by atoms with van der Waals surface area (Å²) in [6.07, 6.45) is -2.97. The Bertz CT molecular complexity index is 921. The molecule has 0 atom stereocenters. The summed E-state index contributed by atoms with van der Waals surface area (Å²) in [4.78, 5) is 54.6. The highest BCUT2D eigenvalue weighted by atomic mass is 32.2. The van der Waals surface area contributed by atoms with Crippen LogP contribution in [0.2, 0.25) is 0 Å². The van der Waals surface area contributed by atoms with Crippen molar-refractivity contribution >= 4 is 32.9 Å². The standard InChI is InChI=1S/C10H17O12P3S/c11-23(12,13)3-7-1-9(5-25(17,18)19)10(6-26(20,21)22)2-8(7)4-24(14,15)16/h1-2H,3-6H2,(H2,11,12,13)(H2,14,15,16)(H2,17,18,19)(H,20,21,22). The van der Waals surface area contributed by atoms with E-state index in [0.29, 0.717) is 0 Å². The van der Waals surface area contributed by atoms with Crippen molar-refractivity contribution in [2.45, 2.75) is 24.2 Å². The Morgan fingerprint density at radius 3 is 1.19 bits per heavy atom. The lowest BCUT2D eigenvalue weighted by atomic mass is 10.0. The summed E-state index contributed by atoms with van der Waals surface area (Å²) in [5.74, 6) is -1.10. The van der Waals surface area contributed by atoms with Crippen LogP contribution in [0.4, 0.5) is 0 Å². The second-order valence-corrected chi connectivity index (χ2v) is 12.0. The van der Waals surface area contributed by atoms with E-state index >= 15 is 0 Å². The summed E-state index contributed by atoms with van der Waals surface area (Å²) in [5, 5.41) is 0. The molecule has 0 aliphatic carbocycles. The lowest BCUT2D eigenvalue weighted by molar-refractivity contribution is 0.367. The highest BCUT2D eigenvalue weighted by Crippen LogP contribution is 2.47. The van der Waals surface area contributed by atoms with Crippen LogP contribution >= 0.6 is 22.8 Å². The molecule has 150 valence electrons. The van der Waals surface area contributed by atoms with Crippen LogP contribution in [0, 0.1) is 0 Å². The fraction of sp³-hybridized carbons (Fsp3) is 0.400. The molecule has 0 aliphatic heterocycles. The molecular formula is C10H17O12P3S. The van der Waals surface area contributed by atoms with Crippen molar-refractivity contribution in [2.24, 2.45) is 0 Å². The fourth-order valence-corrected chi connectivity index (χ4v) is 5.11. The van der Waals surface area contributed by atoms with Gasteiger partial charge in [0.25, 0.3) is 10.1 Å². The van der Waals surface area contributed by atoms with E-state index in [4.69, 9.17) is 33.9 Å². The number of hydrogen-bond donors (Lipinski definition) is 7. The van der Waals surface area contributed by atoms with E-state index in [2.05, 4.69) is 0 Å². The van der Waals surface area contributed by atoms with E-state index in [1.165, 1.54) is 0 Å². The topological polar surface area (TPSA) is 227 Å². The smallest absolute Gasteiger partial charge is 0.324 e. The Kier molecular flexibility index (Phi) is 7.18. The van der Waals surface area contributed by atoms with E-state index in [1.807, 2.05) is 0 Å². The summed E-state index contributed by atoms with van der Waals surface area (Å²) in [6.45, 7) is 0. The van der Waals surface area contributed by atoms with Gasteiger partial charge in [-0.15, -0.1) is 0 Å². The van der Waals surface area contributed by atoms with Crippen LogP contribution in [0.1, 0.15) is 22.3 Å². The van der Waals surface area contributed by atoms with E-state index in [9.17, 15) is 22.1 Å². The first-order valence-electron chi connectivity index (χ1n) is 6.57. The van der Waals surface area contributed by atoms with Crippen molar-refractivity contribution in [2.75, 3.05) is 0 Å². The van der Waals surface area contributed by atoms with Crippen LogP contribution in [0.3, 0.4) is 0 Å². The first kappa shape index (κ1) is 23.6. The third-order valence-electron chi connectivity index (χ3n) is 2.99. The van der Waals surface area contributed by atoms with Gasteiger partial charge in [0.15, 0.2) is 0 Å². The molecule has 0 unspecified atom stereocenters. The lowest BCUT2D eigenvalue weighted by Crippen LogP contribution is -2.08. The monoisotopic (exact) mass is 454 g/mol. The molecule has 16 heteroatoms. The summed E-state index contributed by atoms with van der Waals surface area (Å²) in [5.41, 5.74) is -1.29. The summed E-state index contributed by atoms with van der Waals surface area (Å²) < 4.78 is 64.9. The molecule has 1 aromatic carbocycles. The Hall–Kier alpha value is -0.420. The number of rotatable bonds is 8. The SMILES string of the molecule is O=P(O)(O)Cc1cc(CP(=O)(O)O)c(CS(=O)(=O)O)cc1CP(=O)(O)O. The minimum absolute atomic E-state index is 0.302. The average molecular weight is 454 g/mol. The van der Waals surface area contributed by atoms with Gasteiger partial charge >= 0.3 is 22.8 Å². The van der Waals surface area contributed by atoms with Crippen LogP contribution in [-0.4, -0.2) is 42.3 Å². The van der Waals surface area contributed by atoms with E-state index < -0.39 is 57.1 Å². The number of hydrogen-bond acceptors (Lipinski definition) is 5. The zero-order chi connectivity index (χ0) is 20.6. The molecule has 0 saturated carbocycles. The Labute approximate surface area is 148 Å². The lowest BCUT2D eigenvalue weighted by Gasteiger charge is -2.17. The van der Waals surface area contributed by atoms with Gasteiger partial charge in [-0.25, -0.2) is 0 Å². The van der Waals surface area contributed by atoms with E-state index in [1.54, 1.807) is 0 Å². The molecule has 0 heterocycles. The highest BCUT2D eigenvalue weighted by Gasteiger charge is 2.26. The number of benzene rings is 1. The minimum atomic E-state index is -4.73. The van der Waals surface area contributed by atoms with Gasteiger partial charge in [0.1, 0.15) is 5.75 Å². The summed E-state index contributed by atoms with van der Waals surface area (Å²) in [6, 6.07) is 1.71. The van der Waals surface area contributed by atoms with Crippen molar-refractivity contribution in [3.8, 4) is 0 Å². The molecule has 0 saturated heterocycles. The maximum atomic E-state index is 11.2. The molecule has 0 aromatic heterocycles. The van der Waals surface area contributed by atoms with Crippen molar-refractivity contribution in [3.63, 3.8) is 0 Å². The van der Waals surface area contributed by atoms with Crippen molar-refractivity contribution < 1.29 is 56.0 Å². The van der Waals surface area contributed by atoms with Crippen LogP contribution in [0.15, 0.2) is 12.1 Å². The Morgan fingerprint density at radius 1 is 0.654 bits per heavy atom. The van der Waals surface area contributed by atoms with Gasteiger partial charge in [-0.1, -0.05) is 12.1 Å². The second kappa shape index (κ2) is 7.90. The molecule has 0 fully saturated rings. The average Bonchev–Trinajstić information content (AvgIpc) is 2.26. The summed E-state index contributed by atoms with van der Waals surface area (Å²) >= 11 is 0. The maximum Gasteiger partial charge on any atom is 0.329 e. The quantitative estimate of drug-likeness (QED) is 0.205. The third-order valence-corrected chi connectivity index (χ3v) is 5.92. The molecule has 12 nitrogen and oxygen atoms in total. The predicted octanol–water partition coefficient (Wildman–Crippen LogP) is 0.108. The molecule has 1 aromatic rings. The van der Waals surface area contributed by atoms with Crippen LogP contribution in [0.25, 0.3) is 0 Å². The molecule has 0 radical (unpaired) electrons. The van der Waals surface area contributed by atoms with Crippen molar-refractivity contribution in [3.05, 3.63) is 34.4 Å². The van der Waals surface area contributed by atoms with Gasteiger partial charge in [0.05, 0.1) is 18.5 Å². The molecular weight excluding hydrogens is 437 g/mol. The molecule has 1 rings (SSSR count). The Morgan fingerprint density at radius 2 is 0.923 bits per heavy atom. The normalized spacial score (nSPS) is 13.8. The molecule has 0 spiro atoms. The zero-order valence-electron chi connectivity index (χ0n) is 12.9. The van der Waals surface area contributed by atoms with Crippen LogP contribution < -0.4 is 0 Å². The van der Waals surface area contributed by atoms with Gasteiger partial charge in [-0.3, -0.25) is 18.2 Å². The van der Waals surface area contributed by atoms with E-state index in [0.717, 1.165) is 12.1 Å². The predicted molar refractivity (Wildman–Crippen MR) is 88.9 cm³/mol. The van der Waals surface area contributed by atoms with Crippen molar-refractivity contribution in [1.29, 1.82) is 0 Å². The van der Waals surface area contributed by atoms with Crippen LogP contribution in [0.5, 0.6) is 0 Å². The van der Waals surface area contributed by atoms with Gasteiger partial charge < -0.3 is 29.4 Å². The van der Waals surface area contributed by atoms with E-state index in [-0.39, 0.29) is 22.3 Å². The van der Waals surface area contributed by atoms with Crippen molar-refractivity contribution in [1.82, 2.24) is 0 Å². The first-order valence-corrected chi connectivity index (χ1v) is 13.6. The van der Waals surface area contributed by atoms with Gasteiger partial charge in [0.2, 0.25) is 0 Å². The third kappa shape index (κ3) is 9.50. The first-order chi connectivity index (χ1) is 11.3.